The van der Waals surface area contributed by atoms with Gasteiger partial charge in [0.2, 0.25) is 11.8 Å². The second kappa shape index (κ2) is 9.50. The topological polar surface area (TPSA) is 67.9 Å². The van der Waals surface area contributed by atoms with Crippen LogP contribution in [0.15, 0.2) is 42.5 Å². The number of fused-ring (bicyclic) bond motifs is 1. The van der Waals surface area contributed by atoms with Gasteiger partial charge in [0.05, 0.1) is 11.5 Å². The van der Waals surface area contributed by atoms with Crippen molar-refractivity contribution in [3.63, 3.8) is 0 Å². The Morgan fingerprint density at radius 3 is 2.64 bits per heavy atom. The molecule has 28 heavy (non-hydrogen) atoms. The number of hydrogen-bond acceptors (Lipinski definition) is 5. The predicted octanol–water partition coefficient (Wildman–Crippen LogP) is 3.10. The highest BCUT2D eigenvalue weighted by Crippen LogP contribution is 2.31. The van der Waals surface area contributed by atoms with Crippen LogP contribution >= 0.6 is 11.8 Å². The number of benzene rings is 2. The normalized spacial score (nSPS) is 12.4. The van der Waals surface area contributed by atoms with Crippen LogP contribution in [0.1, 0.15) is 11.1 Å². The van der Waals surface area contributed by atoms with Gasteiger partial charge in [-0.15, -0.1) is 11.8 Å². The first-order valence-corrected chi connectivity index (χ1v) is 10.2. The Bertz CT molecular complexity index is 856. The zero-order valence-electron chi connectivity index (χ0n) is 16.1. The number of thioether (sulfide) groups is 1. The highest BCUT2D eigenvalue weighted by atomic mass is 32.2. The number of anilines is 1. The van der Waals surface area contributed by atoms with Crippen molar-refractivity contribution in [3.8, 4) is 11.5 Å². The molecule has 0 unspecified atom stereocenters. The van der Waals surface area contributed by atoms with Gasteiger partial charge in [-0.3, -0.25) is 9.59 Å². The van der Waals surface area contributed by atoms with Crippen LogP contribution in [0.4, 0.5) is 5.69 Å². The molecule has 3 rings (SSSR count). The maximum atomic E-state index is 12.3. The van der Waals surface area contributed by atoms with E-state index in [1.165, 1.54) is 11.8 Å². The molecule has 1 aliphatic heterocycles. The van der Waals surface area contributed by atoms with Gasteiger partial charge < -0.3 is 19.7 Å². The summed E-state index contributed by atoms with van der Waals surface area (Å²) in [6, 6.07) is 13.3. The van der Waals surface area contributed by atoms with E-state index in [-0.39, 0.29) is 23.3 Å². The van der Waals surface area contributed by atoms with Crippen LogP contribution in [0.25, 0.3) is 0 Å². The van der Waals surface area contributed by atoms with Crippen LogP contribution in [0.2, 0.25) is 0 Å². The molecule has 0 saturated carbocycles. The average molecular weight is 401 g/mol. The number of carbonyl (C=O) groups is 2. The first-order valence-electron chi connectivity index (χ1n) is 9.08. The molecule has 0 saturated heterocycles. The lowest BCUT2D eigenvalue weighted by Gasteiger charge is -2.21. The third kappa shape index (κ3) is 5.66. The van der Waals surface area contributed by atoms with Crippen molar-refractivity contribution in [2.24, 2.45) is 0 Å². The minimum atomic E-state index is -0.113. The van der Waals surface area contributed by atoms with E-state index in [2.05, 4.69) is 5.32 Å². The number of aryl methyl sites for hydroxylation is 1. The summed E-state index contributed by atoms with van der Waals surface area (Å²) < 4.78 is 11.1. The summed E-state index contributed by atoms with van der Waals surface area (Å²) in [6.45, 7) is 3.54. The van der Waals surface area contributed by atoms with Crippen molar-refractivity contribution in [3.05, 3.63) is 53.6 Å². The quantitative estimate of drug-likeness (QED) is 0.774. The molecule has 0 fully saturated rings. The third-order valence-corrected chi connectivity index (χ3v) is 5.13. The van der Waals surface area contributed by atoms with Crippen LogP contribution in [-0.4, -0.2) is 48.5 Å². The second-order valence-corrected chi connectivity index (χ2v) is 7.62. The Hall–Kier alpha value is -2.67. The first kappa shape index (κ1) is 20.1. The number of carbonyl (C=O) groups excluding carboxylic acids is 2. The van der Waals surface area contributed by atoms with E-state index in [0.717, 1.165) is 22.6 Å². The molecule has 0 aliphatic carbocycles. The molecule has 6 nitrogen and oxygen atoms in total. The Balaban J connectivity index is 1.42. The van der Waals surface area contributed by atoms with Gasteiger partial charge in [0.25, 0.3) is 0 Å². The van der Waals surface area contributed by atoms with E-state index in [1.54, 1.807) is 11.9 Å². The van der Waals surface area contributed by atoms with E-state index < -0.39 is 0 Å². The van der Waals surface area contributed by atoms with Gasteiger partial charge in [-0.25, -0.2) is 0 Å². The summed E-state index contributed by atoms with van der Waals surface area (Å²) in [5.41, 5.74) is 2.83. The largest absolute Gasteiger partial charge is 0.486 e. The Kier molecular flexibility index (Phi) is 6.81. The van der Waals surface area contributed by atoms with Crippen molar-refractivity contribution in [1.82, 2.24) is 4.90 Å². The number of amides is 2. The summed E-state index contributed by atoms with van der Waals surface area (Å²) in [5, 5.41) is 2.84. The fourth-order valence-corrected chi connectivity index (χ4v) is 3.56. The summed E-state index contributed by atoms with van der Waals surface area (Å²) in [5.74, 6) is 1.80. The molecule has 2 aromatic rings. The van der Waals surface area contributed by atoms with Crippen LogP contribution in [0, 0.1) is 6.92 Å². The first-order chi connectivity index (χ1) is 13.5. The lowest BCUT2D eigenvalue weighted by molar-refractivity contribution is -0.127. The minimum absolute atomic E-state index is 0.0248. The Morgan fingerprint density at radius 1 is 1.07 bits per heavy atom. The smallest absolute Gasteiger partial charge is 0.234 e. The summed E-state index contributed by atoms with van der Waals surface area (Å²) in [7, 11) is 1.76. The molecular weight excluding hydrogens is 376 g/mol. The molecular formula is C21H24N2O4S. The van der Waals surface area contributed by atoms with Gasteiger partial charge >= 0.3 is 0 Å². The standard InChI is InChI=1S/C21H24N2O4S/c1-15-4-3-5-17(10-15)22-20(24)13-28-14-21(25)23(2)12-16-6-7-18-19(11-16)27-9-8-26-18/h3-7,10-11H,8-9,12-14H2,1-2H3,(H,22,24). The number of hydrogen-bond donors (Lipinski definition) is 1. The molecule has 148 valence electrons. The molecule has 2 amide bonds. The Labute approximate surface area is 169 Å². The fourth-order valence-electron chi connectivity index (χ4n) is 2.81. The molecule has 0 radical (unpaired) electrons. The number of nitrogens with one attached hydrogen (secondary N) is 1. The van der Waals surface area contributed by atoms with Gasteiger partial charge in [0, 0.05) is 19.3 Å². The van der Waals surface area contributed by atoms with Crippen molar-refractivity contribution < 1.29 is 19.1 Å². The molecule has 0 bridgehead atoms. The van der Waals surface area contributed by atoms with Crippen molar-refractivity contribution in [2.75, 3.05) is 37.1 Å². The van der Waals surface area contributed by atoms with Gasteiger partial charge in [-0.1, -0.05) is 18.2 Å². The Morgan fingerprint density at radius 2 is 1.86 bits per heavy atom. The van der Waals surface area contributed by atoms with Gasteiger partial charge in [0.15, 0.2) is 11.5 Å². The summed E-state index contributed by atoms with van der Waals surface area (Å²) in [6.07, 6.45) is 0. The van der Waals surface area contributed by atoms with Crippen LogP contribution in [-0.2, 0) is 16.1 Å². The van der Waals surface area contributed by atoms with Crippen molar-refractivity contribution in [1.29, 1.82) is 0 Å². The maximum Gasteiger partial charge on any atom is 0.234 e. The van der Waals surface area contributed by atoms with E-state index >= 15 is 0 Å². The average Bonchev–Trinajstić information content (AvgIpc) is 2.67. The zero-order chi connectivity index (χ0) is 19.9. The van der Waals surface area contributed by atoms with E-state index in [4.69, 9.17) is 9.47 Å². The molecule has 1 aliphatic rings. The van der Waals surface area contributed by atoms with E-state index in [0.29, 0.717) is 25.5 Å². The fraction of sp³-hybridized carbons (Fsp3) is 0.333. The number of ether oxygens (including phenoxy) is 2. The molecule has 0 aromatic heterocycles. The molecule has 0 spiro atoms. The second-order valence-electron chi connectivity index (χ2n) is 6.64. The zero-order valence-corrected chi connectivity index (χ0v) is 16.9. The monoisotopic (exact) mass is 400 g/mol. The van der Waals surface area contributed by atoms with Gasteiger partial charge in [-0.05, 0) is 42.3 Å². The summed E-state index contributed by atoms with van der Waals surface area (Å²) >= 11 is 1.31. The molecule has 2 aromatic carbocycles. The highest BCUT2D eigenvalue weighted by Gasteiger charge is 2.15. The van der Waals surface area contributed by atoms with Crippen LogP contribution < -0.4 is 14.8 Å². The molecule has 1 N–H and O–H groups in total. The van der Waals surface area contributed by atoms with E-state index in [1.807, 2.05) is 49.4 Å². The molecule has 7 heteroatoms. The lowest BCUT2D eigenvalue weighted by Crippen LogP contribution is -2.28. The number of rotatable bonds is 7. The minimum Gasteiger partial charge on any atom is -0.486 e. The van der Waals surface area contributed by atoms with Gasteiger partial charge in [0.1, 0.15) is 13.2 Å². The summed E-state index contributed by atoms with van der Waals surface area (Å²) in [4.78, 5) is 26.0. The maximum absolute atomic E-state index is 12.3. The van der Waals surface area contributed by atoms with Gasteiger partial charge in [-0.2, -0.15) is 0 Å². The van der Waals surface area contributed by atoms with Crippen molar-refractivity contribution >= 4 is 29.3 Å². The van der Waals surface area contributed by atoms with Crippen molar-refractivity contribution in [2.45, 2.75) is 13.5 Å². The van der Waals surface area contributed by atoms with Crippen LogP contribution in [0.5, 0.6) is 11.5 Å². The number of nitrogens with zero attached hydrogens (tertiary/aromatic N) is 1. The third-order valence-electron chi connectivity index (χ3n) is 4.21. The highest BCUT2D eigenvalue weighted by molar-refractivity contribution is 8.00. The van der Waals surface area contributed by atoms with E-state index in [9.17, 15) is 9.59 Å². The van der Waals surface area contributed by atoms with Crippen LogP contribution in [0.3, 0.4) is 0 Å². The lowest BCUT2D eigenvalue weighted by atomic mass is 10.2. The molecule has 1 heterocycles. The predicted molar refractivity (Wildman–Crippen MR) is 111 cm³/mol. The SMILES string of the molecule is Cc1cccc(NC(=O)CSCC(=O)N(C)Cc2ccc3c(c2)OCCO3)c1. The molecule has 0 atom stereocenters.